The molecule has 0 fully saturated rings. The van der Waals surface area contributed by atoms with Gasteiger partial charge in [-0.15, -0.1) is 0 Å². The molecule has 0 bridgehead atoms. The van der Waals surface area contributed by atoms with Crippen LogP contribution in [0, 0.1) is 7.14 Å². The van der Waals surface area contributed by atoms with Crippen LogP contribution in [-0.4, -0.2) is 11.3 Å². The fourth-order valence-corrected chi connectivity index (χ4v) is 3.58. The zero-order valence-electron chi connectivity index (χ0n) is 10.3. The van der Waals surface area contributed by atoms with Crippen LogP contribution in [0.3, 0.4) is 0 Å². The molecule has 4 heteroatoms. The zero-order chi connectivity index (χ0) is 13.8. The molecule has 2 nitrogen and oxygen atoms in total. The van der Waals surface area contributed by atoms with Crippen molar-refractivity contribution in [2.75, 3.05) is 0 Å². The lowest BCUT2D eigenvalue weighted by Crippen LogP contribution is -1.92. The molecule has 0 heterocycles. The van der Waals surface area contributed by atoms with Gasteiger partial charge in [0.05, 0.1) is 9.61 Å². The molecule has 0 spiro atoms. The first-order valence-electron chi connectivity index (χ1n) is 5.84. The predicted molar refractivity (Wildman–Crippen MR) is 96.0 cm³/mol. The van der Waals surface area contributed by atoms with E-state index in [4.69, 9.17) is 0 Å². The summed E-state index contributed by atoms with van der Waals surface area (Å²) in [4.78, 5) is 4.52. The summed E-state index contributed by atoms with van der Waals surface area (Å²) in [5.74, 6) is 0.296. The topological polar surface area (TPSA) is 32.6 Å². The van der Waals surface area contributed by atoms with Crippen LogP contribution in [0.4, 0.5) is 0 Å². The molecule has 2 aromatic carbocycles. The number of benzene rings is 2. The molecular formula is C15H13I2NO. The summed E-state index contributed by atoms with van der Waals surface area (Å²) in [5.41, 5.74) is 1.93. The summed E-state index contributed by atoms with van der Waals surface area (Å²) >= 11 is 4.37. The first-order chi connectivity index (χ1) is 9.08. The van der Waals surface area contributed by atoms with Gasteiger partial charge < -0.3 is 5.11 Å². The molecule has 0 amide bonds. The Morgan fingerprint density at radius 3 is 2.53 bits per heavy atom. The number of phenolic OH excluding ortho intramolecular Hbond substituents is 1. The van der Waals surface area contributed by atoms with Crippen molar-refractivity contribution in [3.05, 3.63) is 60.7 Å². The number of phenols is 1. The number of nitrogens with zero attached hydrogens (tertiary/aromatic N) is 1. The standard InChI is InChI=1S/C15H13I2NO/c1-10(11-5-3-2-4-6-11)18-9-12-7-13(16)8-14(17)15(12)19/h2-10,19H,1H3/t10-/m0/s1. The van der Waals surface area contributed by atoms with Gasteiger partial charge in [-0.05, 0) is 69.8 Å². The third-order valence-electron chi connectivity index (χ3n) is 2.78. The van der Waals surface area contributed by atoms with Crippen LogP contribution in [0.25, 0.3) is 0 Å². The fourth-order valence-electron chi connectivity index (χ4n) is 1.69. The lowest BCUT2D eigenvalue weighted by atomic mass is 10.1. The van der Waals surface area contributed by atoms with Gasteiger partial charge in [0.1, 0.15) is 5.75 Å². The van der Waals surface area contributed by atoms with E-state index >= 15 is 0 Å². The average Bonchev–Trinajstić information content (AvgIpc) is 2.41. The fraction of sp³-hybridized carbons (Fsp3) is 0.133. The minimum absolute atomic E-state index is 0.0797. The van der Waals surface area contributed by atoms with Crippen molar-refractivity contribution in [2.24, 2.45) is 4.99 Å². The lowest BCUT2D eigenvalue weighted by Gasteiger charge is -2.07. The van der Waals surface area contributed by atoms with Gasteiger partial charge in [0.25, 0.3) is 0 Å². The highest BCUT2D eigenvalue weighted by atomic mass is 127. The van der Waals surface area contributed by atoms with Crippen LogP contribution in [0.15, 0.2) is 47.5 Å². The van der Waals surface area contributed by atoms with Crippen molar-refractivity contribution >= 4 is 51.4 Å². The Kier molecular flexibility index (Phi) is 5.20. The molecule has 2 aromatic rings. The van der Waals surface area contributed by atoms with Gasteiger partial charge in [0.2, 0.25) is 0 Å². The number of aromatic hydroxyl groups is 1. The van der Waals surface area contributed by atoms with Crippen LogP contribution in [0.2, 0.25) is 0 Å². The number of halogens is 2. The van der Waals surface area contributed by atoms with Crippen molar-refractivity contribution in [1.29, 1.82) is 0 Å². The van der Waals surface area contributed by atoms with Gasteiger partial charge in [-0.1, -0.05) is 30.3 Å². The largest absolute Gasteiger partial charge is 0.506 e. The van der Waals surface area contributed by atoms with Crippen LogP contribution >= 0.6 is 45.2 Å². The second-order valence-corrected chi connectivity index (χ2v) is 6.60. The Labute approximate surface area is 140 Å². The molecule has 19 heavy (non-hydrogen) atoms. The van der Waals surface area contributed by atoms with Gasteiger partial charge in [0, 0.05) is 15.3 Å². The minimum atomic E-state index is 0.0797. The third kappa shape index (κ3) is 3.92. The summed E-state index contributed by atoms with van der Waals surface area (Å²) < 4.78 is 1.94. The van der Waals surface area contributed by atoms with Gasteiger partial charge in [0.15, 0.2) is 0 Å². The maximum Gasteiger partial charge on any atom is 0.137 e. The highest BCUT2D eigenvalue weighted by Gasteiger charge is 2.06. The van der Waals surface area contributed by atoms with E-state index in [2.05, 4.69) is 62.3 Å². The molecule has 0 unspecified atom stereocenters. The van der Waals surface area contributed by atoms with Crippen LogP contribution < -0.4 is 0 Å². The highest BCUT2D eigenvalue weighted by molar-refractivity contribution is 14.1. The van der Waals surface area contributed by atoms with Crippen molar-refractivity contribution < 1.29 is 5.11 Å². The summed E-state index contributed by atoms with van der Waals surface area (Å²) in [7, 11) is 0. The average molecular weight is 477 g/mol. The number of rotatable bonds is 3. The molecule has 1 atom stereocenters. The van der Waals surface area contributed by atoms with Crippen molar-refractivity contribution in [1.82, 2.24) is 0 Å². The molecule has 0 saturated carbocycles. The monoisotopic (exact) mass is 477 g/mol. The van der Waals surface area contributed by atoms with E-state index < -0.39 is 0 Å². The molecule has 1 N–H and O–H groups in total. The second-order valence-electron chi connectivity index (χ2n) is 4.19. The lowest BCUT2D eigenvalue weighted by molar-refractivity contribution is 0.470. The van der Waals surface area contributed by atoms with Gasteiger partial charge in [-0.25, -0.2) is 0 Å². The van der Waals surface area contributed by atoms with Crippen molar-refractivity contribution in [3.63, 3.8) is 0 Å². The van der Waals surface area contributed by atoms with Crippen molar-refractivity contribution in [2.45, 2.75) is 13.0 Å². The minimum Gasteiger partial charge on any atom is -0.506 e. The van der Waals surface area contributed by atoms with Gasteiger partial charge in [-0.3, -0.25) is 4.99 Å². The molecule has 98 valence electrons. The highest BCUT2D eigenvalue weighted by Crippen LogP contribution is 2.26. The van der Waals surface area contributed by atoms with Crippen LogP contribution in [0.1, 0.15) is 24.1 Å². The maximum absolute atomic E-state index is 10.0. The number of hydrogen-bond donors (Lipinski definition) is 1. The first-order valence-corrected chi connectivity index (χ1v) is 8.00. The van der Waals surface area contributed by atoms with Gasteiger partial charge >= 0.3 is 0 Å². The quantitative estimate of drug-likeness (QED) is 0.501. The van der Waals surface area contributed by atoms with E-state index in [0.717, 1.165) is 12.7 Å². The molecule has 0 radical (unpaired) electrons. The van der Waals surface area contributed by atoms with E-state index in [1.807, 2.05) is 37.3 Å². The number of hydrogen-bond acceptors (Lipinski definition) is 2. The normalized spacial score (nSPS) is 12.8. The molecule has 0 aliphatic heterocycles. The van der Waals surface area contributed by atoms with E-state index in [9.17, 15) is 5.11 Å². The van der Waals surface area contributed by atoms with E-state index in [-0.39, 0.29) is 6.04 Å². The van der Waals surface area contributed by atoms with E-state index in [1.54, 1.807) is 6.21 Å². The Balaban J connectivity index is 2.24. The van der Waals surface area contributed by atoms with Crippen LogP contribution in [0.5, 0.6) is 5.75 Å². The molecule has 0 aliphatic rings. The van der Waals surface area contributed by atoms with E-state index in [1.165, 1.54) is 5.56 Å². The van der Waals surface area contributed by atoms with Crippen molar-refractivity contribution in [3.8, 4) is 5.75 Å². The third-order valence-corrected chi connectivity index (χ3v) is 4.22. The number of aliphatic imine (C=N–C) groups is 1. The summed E-state index contributed by atoms with van der Waals surface area (Å²) in [5, 5.41) is 10.0. The summed E-state index contributed by atoms with van der Waals surface area (Å²) in [6.07, 6.45) is 1.75. The Bertz CT molecular complexity index is 597. The SMILES string of the molecule is C[C@H](N=Cc1cc(I)cc(I)c1O)c1ccccc1. The Morgan fingerprint density at radius 2 is 1.84 bits per heavy atom. The first kappa shape index (κ1) is 14.8. The molecule has 0 saturated heterocycles. The molecule has 2 rings (SSSR count). The zero-order valence-corrected chi connectivity index (χ0v) is 14.7. The molecular weight excluding hydrogens is 464 g/mol. The van der Waals surface area contributed by atoms with Crippen LogP contribution in [-0.2, 0) is 0 Å². The maximum atomic E-state index is 10.0. The van der Waals surface area contributed by atoms with E-state index in [0.29, 0.717) is 5.75 Å². The smallest absolute Gasteiger partial charge is 0.137 e. The van der Waals surface area contributed by atoms with Gasteiger partial charge in [-0.2, -0.15) is 0 Å². The Morgan fingerprint density at radius 1 is 1.16 bits per heavy atom. The predicted octanol–water partition coefficient (Wildman–Crippen LogP) is 4.78. The second kappa shape index (κ2) is 6.69. The Hall–Kier alpha value is -0.630. The summed E-state index contributed by atoms with van der Waals surface area (Å²) in [6.45, 7) is 2.04. The summed E-state index contributed by atoms with van der Waals surface area (Å²) in [6, 6.07) is 14.1. The molecule has 0 aliphatic carbocycles. The molecule has 0 aromatic heterocycles.